The Bertz CT molecular complexity index is 1070. The van der Waals surface area contributed by atoms with Gasteiger partial charge in [0.05, 0.1) is 27.5 Å². The Morgan fingerprint density at radius 2 is 1.87 bits per heavy atom. The number of fused-ring (bicyclic) bond motifs is 2. The fourth-order valence-corrected chi connectivity index (χ4v) is 4.83. The predicted octanol–water partition coefficient (Wildman–Crippen LogP) is 5.01. The average molecular weight is 462 g/mol. The molecule has 3 aromatic rings. The van der Waals surface area contributed by atoms with E-state index in [1.807, 2.05) is 13.0 Å². The maximum Gasteiger partial charge on any atom is 0.405 e. The van der Waals surface area contributed by atoms with Crippen LogP contribution in [-0.4, -0.2) is 35.0 Å². The maximum atomic E-state index is 12.4. The van der Waals surface area contributed by atoms with Crippen LogP contribution in [-0.2, 0) is 17.6 Å². The summed E-state index contributed by atoms with van der Waals surface area (Å²) in [5, 5.41) is 4.12. The number of carbonyl (C=O) groups is 2. The first-order valence-corrected chi connectivity index (χ1v) is 11.3. The highest BCUT2D eigenvalue weighted by molar-refractivity contribution is 7.19. The lowest BCUT2D eigenvalue weighted by Gasteiger charge is -2.16. The highest BCUT2D eigenvalue weighted by Crippen LogP contribution is 2.34. The molecule has 4 rings (SSSR count). The molecule has 1 aliphatic rings. The molecule has 0 bridgehead atoms. The summed E-state index contributed by atoms with van der Waals surface area (Å²) in [4.78, 5) is 26.7. The molecular weight excluding hydrogens is 434 g/mol. The number of benzene rings is 1. The molecule has 1 aliphatic carbocycles. The van der Waals surface area contributed by atoms with Crippen LogP contribution in [0.5, 0.6) is 0 Å². The standard InChI is InChI=1S/C18H17ClN2OS.C5H11NO2/c1-10-17(19)18-16(23-10)8-14(21-18)15(22)9-20-13-6-11-4-2-3-5-12(11)7-13;1-5(2,3)8-4(6)7/h2-5,8,13,20-21H,6-7,9H2,1H3;1-3H3,(H2,6,7). The summed E-state index contributed by atoms with van der Waals surface area (Å²) >= 11 is 7.86. The third-order valence-electron chi connectivity index (χ3n) is 4.88. The molecular formula is C23H28ClN3O3S. The molecule has 6 nitrogen and oxygen atoms in total. The molecule has 0 unspecified atom stereocenters. The number of primary amides is 1. The zero-order valence-corrected chi connectivity index (χ0v) is 19.7. The van der Waals surface area contributed by atoms with Crippen molar-refractivity contribution in [2.24, 2.45) is 5.73 Å². The van der Waals surface area contributed by atoms with Gasteiger partial charge in [-0.25, -0.2) is 4.79 Å². The minimum absolute atomic E-state index is 0.0816. The summed E-state index contributed by atoms with van der Waals surface area (Å²) in [7, 11) is 0. The van der Waals surface area contributed by atoms with E-state index in [1.54, 1.807) is 32.1 Å². The lowest BCUT2D eigenvalue weighted by molar-refractivity contribution is 0.0600. The Morgan fingerprint density at radius 3 is 2.35 bits per heavy atom. The van der Waals surface area contributed by atoms with Crippen molar-refractivity contribution in [1.82, 2.24) is 10.3 Å². The van der Waals surface area contributed by atoms with Crippen molar-refractivity contribution in [3.05, 3.63) is 57.1 Å². The Hall–Kier alpha value is -2.35. The fraction of sp³-hybridized carbons (Fsp3) is 0.391. The Labute approximate surface area is 191 Å². The number of H-pyrrole nitrogens is 1. The first kappa shape index (κ1) is 23.3. The quantitative estimate of drug-likeness (QED) is 0.475. The van der Waals surface area contributed by atoms with Crippen LogP contribution in [0.15, 0.2) is 30.3 Å². The van der Waals surface area contributed by atoms with Crippen molar-refractivity contribution in [2.75, 3.05) is 6.54 Å². The van der Waals surface area contributed by atoms with E-state index in [-0.39, 0.29) is 5.78 Å². The summed E-state index contributed by atoms with van der Waals surface area (Å²) < 4.78 is 5.62. The van der Waals surface area contributed by atoms with Crippen LogP contribution in [0.2, 0.25) is 5.02 Å². The van der Waals surface area contributed by atoms with E-state index in [2.05, 4.69) is 39.3 Å². The number of hydrogen-bond acceptors (Lipinski definition) is 5. The Morgan fingerprint density at radius 1 is 1.26 bits per heavy atom. The Kier molecular flexibility index (Phi) is 7.09. The molecule has 8 heteroatoms. The van der Waals surface area contributed by atoms with E-state index in [9.17, 15) is 9.59 Å². The summed E-state index contributed by atoms with van der Waals surface area (Å²) in [5.41, 5.74) is 8.56. The number of nitrogens with two attached hydrogens (primary N) is 1. The first-order chi connectivity index (χ1) is 14.5. The summed E-state index contributed by atoms with van der Waals surface area (Å²) in [6, 6.07) is 10.7. The van der Waals surface area contributed by atoms with Crippen molar-refractivity contribution in [1.29, 1.82) is 0 Å². The van der Waals surface area contributed by atoms with Crippen molar-refractivity contribution in [3.8, 4) is 0 Å². The smallest absolute Gasteiger partial charge is 0.405 e. The second-order valence-electron chi connectivity index (χ2n) is 8.61. The molecule has 0 radical (unpaired) electrons. The number of amides is 1. The van der Waals surface area contributed by atoms with E-state index in [1.165, 1.54) is 11.1 Å². The molecule has 0 spiro atoms. The van der Waals surface area contributed by atoms with E-state index in [0.29, 0.717) is 18.3 Å². The molecule has 1 amide bonds. The van der Waals surface area contributed by atoms with Crippen LogP contribution in [0.25, 0.3) is 10.2 Å². The van der Waals surface area contributed by atoms with Crippen molar-refractivity contribution in [3.63, 3.8) is 0 Å². The monoisotopic (exact) mass is 461 g/mol. The molecule has 31 heavy (non-hydrogen) atoms. The van der Waals surface area contributed by atoms with Crippen molar-refractivity contribution in [2.45, 2.75) is 52.2 Å². The number of rotatable bonds is 4. The number of aromatic nitrogens is 1. The summed E-state index contributed by atoms with van der Waals surface area (Å²) in [6.45, 7) is 7.62. The number of carbonyl (C=O) groups excluding carboxylic acids is 2. The predicted molar refractivity (Wildman–Crippen MR) is 126 cm³/mol. The molecule has 166 valence electrons. The van der Waals surface area contributed by atoms with Gasteiger partial charge in [0, 0.05) is 10.9 Å². The van der Waals surface area contributed by atoms with Crippen LogP contribution in [0, 0.1) is 6.92 Å². The number of nitrogens with one attached hydrogen (secondary N) is 2. The van der Waals surface area contributed by atoms with E-state index in [0.717, 1.165) is 33.0 Å². The van der Waals surface area contributed by atoms with E-state index >= 15 is 0 Å². The van der Waals surface area contributed by atoms with Gasteiger partial charge in [-0.15, -0.1) is 11.3 Å². The topological polar surface area (TPSA) is 97.2 Å². The van der Waals surface area contributed by atoms with Gasteiger partial charge in [0.1, 0.15) is 5.60 Å². The number of ketones is 1. The molecule has 0 aliphatic heterocycles. The number of halogens is 1. The number of ether oxygens (including phenoxy) is 1. The lowest BCUT2D eigenvalue weighted by atomic mass is 10.1. The summed E-state index contributed by atoms with van der Waals surface area (Å²) in [6.07, 6.45) is 1.26. The van der Waals surface area contributed by atoms with E-state index in [4.69, 9.17) is 17.3 Å². The van der Waals surface area contributed by atoms with E-state index < -0.39 is 11.7 Å². The maximum absolute atomic E-state index is 12.4. The zero-order valence-electron chi connectivity index (χ0n) is 18.2. The second-order valence-corrected chi connectivity index (χ2v) is 10.2. The van der Waals surface area contributed by atoms with Crippen LogP contribution < -0.4 is 11.1 Å². The zero-order chi connectivity index (χ0) is 22.8. The minimum atomic E-state index is -0.725. The third kappa shape index (κ3) is 6.09. The lowest BCUT2D eigenvalue weighted by Crippen LogP contribution is -2.34. The number of aryl methyl sites for hydroxylation is 1. The van der Waals surface area contributed by atoms with Gasteiger partial charge >= 0.3 is 6.09 Å². The summed E-state index contributed by atoms with van der Waals surface area (Å²) in [5.74, 6) is 0.0816. The van der Waals surface area contributed by atoms with Gasteiger partial charge in [-0.1, -0.05) is 35.9 Å². The van der Waals surface area contributed by atoms with Crippen LogP contribution in [0.1, 0.15) is 47.3 Å². The van der Waals surface area contributed by atoms with Gasteiger partial charge in [0.25, 0.3) is 0 Å². The van der Waals surface area contributed by atoms with Crippen LogP contribution in [0.4, 0.5) is 4.79 Å². The number of Topliss-reactive ketones (excluding diaryl/α,β-unsaturated/α-hetero) is 1. The van der Waals surface area contributed by atoms with Gasteiger partial charge in [0.15, 0.2) is 5.78 Å². The van der Waals surface area contributed by atoms with Gasteiger partial charge in [0.2, 0.25) is 0 Å². The van der Waals surface area contributed by atoms with Crippen LogP contribution in [0.3, 0.4) is 0 Å². The molecule has 0 atom stereocenters. The SMILES string of the molecule is CC(C)(C)OC(N)=O.Cc1sc2cc(C(=O)CNC3Cc4ccccc4C3)[nH]c2c1Cl. The number of thiophene rings is 1. The van der Waals surface area contributed by atoms with Gasteiger partial charge in [-0.3, -0.25) is 4.79 Å². The fourth-order valence-electron chi connectivity index (χ4n) is 3.55. The largest absolute Gasteiger partial charge is 0.444 e. The molecule has 0 saturated carbocycles. The number of aromatic amines is 1. The van der Waals surface area contributed by atoms with Crippen LogP contribution >= 0.6 is 22.9 Å². The van der Waals surface area contributed by atoms with Crippen molar-refractivity contribution >= 4 is 45.0 Å². The van der Waals surface area contributed by atoms with Gasteiger partial charge < -0.3 is 20.8 Å². The molecule has 2 aromatic heterocycles. The van der Waals surface area contributed by atoms with Gasteiger partial charge in [-0.05, 0) is 57.7 Å². The first-order valence-electron chi connectivity index (χ1n) is 10.1. The molecule has 0 saturated heterocycles. The average Bonchev–Trinajstić information content (AvgIpc) is 3.33. The normalized spacial score (nSPS) is 13.6. The highest BCUT2D eigenvalue weighted by atomic mass is 35.5. The Balaban J connectivity index is 0.000000293. The number of hydrogen-bond donors (Lipinski definition) is 3. The molecule has 2 heterocycles. The second kappa shape index (κ2) is 9.42. The highest BCUT2D eigenvalue weighted by Gasteiger charge is 2.22. The van der Waals surface area contributed by atoms with Crippen molar-refractivity contribution < 1.29 is 14.3 Å². The molecule has 1 aromatic carbocycles. The third-order valence-corrected chi connectivity index (χ3v) is 6.52. The molecule has 0 fully saturated rings. The minimum Gasteiger partial charge on any atom is -0.444 e. The molecule has 4 N–H and O–H groups in total. The van der Waals surface area contributed by atoms with Gasteiger partial charge in [-0.2, -0.15) is 0 Å².